The molecule has 2 aromatic rings. The molecule has 6 heteroatoms. The first-order valence-corrected chi connectivity index (χ1v) is 6.99. The average molecular weight is 266 g/mol. The van der Waals surface area contributed by atoms with E-state index in [0.717, 1.165) is 22.8 Å². The number of hydrazine groups is 1. The molecule has 0 radical (unpaired) electrons. The second kappa shape index (κ2) is 5.48. The molecular weight excluding hydrogens is 252 g/mol. The Morgan fingerprint density at radius 1 is 1.47 bits per heavy atom. The van der Waals surface area contributed by atoms with Crippen molar-refractivity contribution < 1.29 is 0 Å². The Balaban J connectivity index is 2.38. The molecule has 0 spiro atoms. The summed E-state index contributed by atoms with van der Waals surface area (Å²) < 4.78 is 1.22. The highest BCUT2D eigenvalue weighted by atomic mass is 32.2. The molecule has 0 aliphatic heterocycles. The number of nitrogen functional groups attached to an aromatic ring is 1. The van der Waals surface area contributed by atoms with Crippen LogP contribution in [0.3, 0.4) is 0 Å². The number of nitrogens with zero attached hydrogens (tertiary/aromatic N) is 2. The maximum atomic E-state index is 5.47. The van der Waals surface area contributed by atoms with Crippen LogP contribution in [0.1, 0.15) is 18.3 Å². The largest absolute Gasteiger partial charge is 0.308 e. The lowest BCUT2D eigenvalue weighted by Crippen LogP contribution is -2.12. The lowest BCUT2D eigenvalue weighted by Gasteiger charge is -2.10. The summed E-state index contributed by atoms with van der Waals surface area (Å²) in [4.78, 5) is 8.88. The van der Waals surface area contributed by atoms with Crippen molar-refractivity contribution in [1.82, 2.24) is 9.97 Å². The summed E-state index contributed by atoms with van der Waals surface area (Å²) in [6.45, 7) is 4.01. The zero-order valence-electron chi connectivity index (χ0n) is 9.73. The molecule has 17 heavy (non-hydrogen) atoms. The first-order chi connectivity index (χ1) is 8.24. The van der Waals surface area contributed by atoms with Crippen LogP contribution in [-0.2, 0) is 6.42 Å². The van der Waals surface area contributed by atoms with Gasteiger partial charge in [-0.25, -0.2) is 15.8 Å². The summed E-state index contributed by atoms with van der Waals surface area (Å²) in [5.41, 5.74) is 3.62. The van der Waals surface area contributed by atoms with E-state index >= 15 is 0 Å². The van der Waals surface area contributed by atoms with Gasteiger partial charge < -0.3 is 5.43 Å². The smallest absolute Gasteiger partial charge is 0.147 e. The Bertz CT molecular complexity index is 496. The molecule has 0 fully saturated rings. The topological polar surface area (TPSA) is 63.8 Å². The van der Waals surface area contributed by atoms with Crippen LogP contribution in [0, 0.1) is 6.92 Å². The number of aromatic nitrogens is 2. The summed E-state index contributed by atoms with van der Waals surface area (Å²) in [5, 5.41) is 3.02. The molecule has 4 nitrogen and oxygen atoms in total. The van der Waals surface area contributed by atoms with Gasteiger partial charge in [0.15, 0.2) is 0 Å². The van der Waals surface area contributed by atoms with Gasteiger partial charge in [-0.3, -0.25) is 0 Å². The Morgan fingerprint density at radius 2 is 2.29 bits per heavy atom. The van der Waals surface area contributed by atoms with Gasteiger partial charge in [0.1, 0.15) is 16.7 Å². The van der Waals surface area contributed by atoms with E-state index in [4.69, 9.17) is 5.84 Å². The van der Waals surface area contributed by atoms with Crippen molar-refractivity contribution >= 4 is 28.9 Å². The molecule has 0 atom stereocenters. The quantitative estimate of drug-likeness (QED) is 0.506. The van der Waals surface area contributed by atoms with Gasteiger partial charge in [0.05, 0.1) is 4.21 Å². The van der Waals surface area contributed by atoms with Crippen molar-refractivity contribution in [2.45, 2.75) is 29.5 Å². The van der Waals surface area contributed by atoms with Gasteiger partial charge in [0, 0.05) is 12.0 Å². The second-order valence-electron chi connectivity index (χ2n) is 3.45. The van der Waals surface area contributed by atoms with Gasteiger partial charge in [-0.2, -0.15) is 0 Å². The molecule has 0 aliphatic rings. The Labute approximate surface area is 109 Å². The first-order valence-electron chi connectivity index (χ1n) is 5.30. The molecule has 2 rings (SSSR count). The number of nitrogens with two attached hydrogens (primary N) is 1. The van der Waals surface area contributed by atoms with E-state index in [1.807, 2.05) is 19.9 Å². The normalized spacial score (nSPS) is 10.5. The minimum atomic E-state index is 0.705. The number of rotatable bonds is 4. The van der Waals surface area contributed by atoms with E-state index in [0.29, 0.717) is 5.82 Å². The zero-order chi connectivity index (χ0) is 12.3. The van der Waals surface area contributed by atoms with E-state index < -0.39 is 0 Å². The van der Waals surface area contributed by atoms with Gasteiger partial charge in [-0.15, -0.1) is 11.3 Å². The molecular formula is C11H14N4S2. The summed E-state index contributed by atoms with van der Waals surface area (Å²) >= 11 is 3.36. The molecule has 0 saturated heterocycles. The van der Waals surface area contributed by atoms with Crippen molar-refractivity contribution in [3.05, 3.63) is 28.9 Å². The predicted molar refractivity (Wildman–Crippen MR) is 72.4 cm³/mol. The summed E-state index contributed by atoms with van der Waals surface area (Å²) in [6.07, 6.45) is 0.799. The van der Waals surface area contributed by atoms with Crippen LogP contribution in [0.25, 0.3) is 0 Å². The van der Waals surface area contributed by atoms with Crippen molar-refractivity contribution in [2.75, 3.05) is 5.43 Å². The molecule has 0 aliphatic carbocycles. The molecule has 0 aromatic carbocycles. The van der Waals surface area contributed by atoms with Crippen LogP contribution in [0.15, 0.2) is 26.7 Å². The fourth-order valence-corrected chi connectivity index (χ4v) is 3.14. The Kier molecular flexibility index (Phi) is 3.98. The van der Waals surface area contributed by atoms with Gasteiger partial charge in [0.25, 0.3) is 0 Å². The van der Waals surface area contributed by atoms with Gasteiger partial charge >= 0.3 is 0 Å². The number of hydrogen-bond acceptors (Lipinski definition) is 6. The monoisotopic (exact) mass is 266 g/mol. The van der Waals surface area contributed by atoms with E-state index in [-0.39, 0.29) is 0 Å². The van der Waals surface area contributed by atoms with Gasteiger partial charge in [-0.1, -0.05) is 24.8 Å². The number of hydrogen-bond donors (Lipinski definition) is 2. The number of nitrogens with one attached hydrogen (secondary N) is 1. The molecule has 0 amide bonds. The van der Waals surface area contributed by atoms with Crippen LogP contribution >= 0.6 is 23.1 Å². The van der Waals surface area contributed by atoms with E-state index in [1.165, 1.54) is 4.21 Å². The maximum absolute atomic E-state index is 5.47. The van der Waals surface area contributed by atoms with Crippen molar-refractivity contribution in [2.24, 2.45) is 5.84 Å². The predicted octanol–water partition coefficient (Wildman–Crippen LogP) is 2.85. The maximum Gasteiger partial charge on any atom is 0.147 e. The highest BCUT2D eigenvalue weighted by molar-refractivity contribution is 8.01. The highest BCUT2D eigenvalue weighted by Gasteiger charge is 2.11. The third-order valence-corrected chi connectivity index (χ3v) is 4.42. The molecule has 2 aromatic heterocycles. The molecule has 90 valence electrons. The summed E-state index contributed by atoms with van der Waals surface area (Å²) in [7, 11) is 0. The lowest BCUT2D eigenvalue weighted by molar-refractivity contribution is 0.872. The number of aryl methyl sites for hydroxylation is 1. The van der Waals surface area contributed by atoms with Crippen LogP contribution in [0.2, 0.25) is 0 Å². The first kappa shape index (κ1) is 12.3. The third-order valence-electron chi connectivity index (χ3n) is 2.29. The van der Waals surface area contributed by atoms with Gasteiger partial charge in [-0.05, 0) is 18.4 Å². The zero-order valence-corrected chi connectivity index (χ0v) is 11.4. The molecule has 3 N–H and O–H groups in total. The van der Waals surface area contributed by atoms with E-state index in [1.54, 1.807) is 23.1 Å². The van der Waals surface area contributed by atoms with Crippen molar-refractivity contribution in [3.8, 4) is 0 Å². The standard InChI is InChI=1S/C11H14N4S2/c1-3-8-13-10(15-12)7(2)11(14-8)17-9-5-4-6-16-9/h4-6H,3,12H2,1-2H3,(H,13,14,15). The molecule has 2 heterocycles. The fraction of sp³-hybridized carbons (Fsp3) is 0.273. The highest BCUT2D eigenvalue weighted by Crippen LogP contribution is 2.33. The van der Waals surface area contributed by atoms with Crippen LogP contribution in [-0.4, -0.2) is 9.97 Å². The molecule has 0 saturated carbocycles. The fourth-order valence-electron chi connectivity index (χ4n) is 1.36. The lowest BCUT2D eigenvalue weighted by atomic mass is 10.3. The number of thiophene rings is 1. The van der Waals surface area contributed by atoms with E-state index in [2.05, 4.69) is 26.8 Å². The third kappa shape index (κ3) is 2.77. The average Bonchev–Trinajstić information content (AvgIpc) is 2.84. The SMILES string of the molecule is CCc1nc(NN)c(C)c(Sc2cccs2)n1. The van der Waals surface area contributed by atoms with Gasteiger partial charge in [0.2, 0.25) is 0 Å². The minimum Gasteiger partial charge on any atom is -0.308 e. The Hall–Kier alpha value is -1.11. The van der Waals surface area contributed by atoms with E-state index in [9.17, 15) is 0 Å². The minimum absolute atomic E-state index is 0.705. The number of anilines is 1. The second-order valence-corrected chi connectivity index (χ2v) is 5.69. The van der Waals surface area contributed by atoms with Crippen LogP contribution in [0.5, 0.6) is 0 Å². The summed E-state index contributed by atoms with van der Waals surface area (Å²) in [6, 6.07) is 4.12. The van der Waals surface area contributed by atoms with Crippen LogP contribution in [0.4, 0.5) is 5.82 Å². The van der Waals surface area contributed by atoms with Crippen molar-refractivity contribution in [1.29, 1.82) is 0 Å². The molecule has 0 unspecified atom stereocenters. The Morgan fingerprint density at radius 3 is 2.88 bits per heavy atom. The van der Waals surface area contributed by atoms with Crippen LogP contribution < -0.4 is 11.3 Å². The summed E-state index contributed by atoms with van der Waals surface area (Å²) in [5.74, 6) is 6.98. The van der Waals surface area contributed by atoms with Crippen molar-refractivity contribution in [3.63, 3.8) is 0 Å². The molecule has 0 bridgehead atoms.